The summed E-state index contributed by atoms with van der Waals surface area (Å²) in [5.74, 6) is 0.574. The standard InChI is InChI=1S/C25H31NO10/c1-33-18-11-15(3-6-16(18)28)9-10-26-21(29)8-5-14-4-7-17(19(12-14)34-2)35-25-24(32)23(31)22(30)20(13-27)36-25/h3-8,11-12,20,22-25,27-28,30-32H,9-10,13H2,1-2H3,(H,26,29)/b8-5+/t20-,22+,23+,24-,25-/m1/s1. The predicted molar refractivity (Wildman–Crippen MR) is 128 cm³/mol. The van der Waals surface area contributed by atoms with Crippen molar-refractivity contribution in [3.63, 3.8) is 0 Å². The Kier molecular flexibility index (Phi) is 9.51. The van der Waals surface area contributed by atoms with Gasteiger partial charge < -0.3 is 49.8 Å². The van der Waals surface area contributed by atoms with E-state index >= 15 is 0 Å². The van der Waals surface area contributed by atoms with Crippen LogP contribution in [0.25, 0.3) is 6.08 Å². The van der Waals surface area contributed by atoms with Crippen molar-refractivity contribution in [2.24, 2.45) is 0 Å². The van der Waals surface area contributed by atoms with Crippen molar-refractivity contribution in [1.29, 1.82) is 0 Å². The van der Waals surface area contributed by atoms with Crippen molar-refractivity contribution in [2.45, 2.75) is 37.1 Å². The number of hydrogen-bond donors (Lipinski definition) is 6. The number of methoxy groups -OCH3 is 2. The van der Waals surface area contributed by atoms with Gasteiger partial charge in [-0.3, -0.25) is 4.79 Å². The summed E-state index contributed by atoms with van der Waals surface area (Å²) < 4.78 is 21.4. The van der Waals surface area contributed by atoms with Crippen LogP contribution < -0.4 is 19.5 Å². The maximum Gasteiger partial charge on any atom is 0.244 e. The molecule has 2 aromatic carbocycles. The highest BCUT2D eigenvalue weighted by Gasteiger charge is 2.44. The number of rotatable bonds is 10. The van der Waals surface area contributed by atoms with Crippen LogP contribution in [-0.4, -0.2) is 89.5 Å². The number of nitrogens with one attached hydrogen (secondary N) is 1. The van der Waals surface area contributed by atoms with Crippen LogP contribution in [-0.2, 0) is 16.0 Å². The van der Waals surface area contributed by atoms with E-state index in [1.165, 1.54) is 32.4 Å². The minimum atomic E-state index is -1.57. The van der Waals surface area contributed by atoms with Gasteiger partial charge in [0.05, 0.1) is 20.8 Å². The molecule has 0 aromatic heterocycles. The van der Waals surface area contributed by atoms with Gasteiger partial charge in [-0.2, -0.15) is 0 Å². The molecule has 1 saturated heterocycles. The molecule has 0 saturated carbocycles. The molecular weight excluding hydrogens is 474 g/mol. The number of hydrogen-bond acceptors (Lipinski definition) is 10. The first-order valence-corrected chi connectivity index (χ1v) is 11.2. The number of carbonyl (C=O) groups excluding carboxylic acids is 1. The smallest absolute Gasteiger partial charge is 0.244 e. The molecule has 36 heavy (non-hydrogen) atoms. The molecule has 2 aromatic rings. The molecule has 196 valence electrons. The summed E-state index contributed by atoms with van der Waals surface area (Å²) in [4.78, 5) is 12.2. The lowest BCUT2D eigenvalue weighted by molar-refractivity contribution is -0.277. The van der Waals surface area contributed by atoms with E-state index in [9.17, 15) is 30.3 Å². The van der Waals surface area contributed by atoms with Gasteiger partial charge in [0, 0.05) is 12.6 Å². The van der Waals surface area contributed by atoms with E-state index in [0.29, 0.717) is 24.3 Å². The first-order chi connectivity index (χ1) is 17.3. The molecular formula is C25H31NO10. The third-order valence-electron chi connectivity index (χ3n) is 5.66. The third-order valence-corrected chi connectivity index (χ3v) is 5.66. The predicted octanol–water partition coefficient (Wildman–Crippen LogP) is -0.0398. The van der Waals surface area contributed by atoms with Crippen molar-refractivity contribution in [3.05, 3.63) is 53.6 Å². The lowest BCUT2D eigenvalue weighted by atomic mass is 9.99. The minimum Gasteiger partial charge on any atom is -0.504 e. The van der Waals surface area contributed by atoms with E-state index in [4.69, 9.17) is 18.9 Å². The summed E-state index contributed by atoms with van der Waals surface area (Å²) >= 11 is 0. The summed E-state index contributed by atoms with van der Waals surface area (Å²) in [6, 6.07) is 9.78. The lowest BCUT2D eigenvalue weighted by Gasteiger charge is -2.39. The van der Waals surface area contributed by atoms with Crippen molar-refractivity contribution in [1.82, 2.24) is 5.32 Å². The van der Waals surface area contributed by atoms with Crippen LogP contribution in [0.5, 0.6) is 23.0 Å². The summed E-state index contributed by atoms with van der Waals surface area (Å²) in [5.41, 5.74) is 1.53. The zero-order valence-corrected chi connectivity index (χ0v) is 19.9. The Labute approximate surface area is 208 Å². The number of benzene rings is 2. The summed E-state index contributed by atoms with van der Waals surface area (Å²) in [6.07, 6.45) is -3.57. The van der Waals surface area contributed by atoms with Crippen LogP contribution in [0.2, 0.25) is 0 Å². The Morgan fingerprint density at radius 3 is 2.44 bits per heavy atom. The molecule has 11 heteroatoms. The normalized spacial score (nSPS) is 23.9. The van der Waals surface area contributed by atoms with Crippen LogP contribution in [0, 0.1) is 0 Å². The molecule has 1 fully saturated rings. The zero-order chi connectivity index (χ0) is 26.2. The molecule has 0 spiro atoms. The van der Waals surface area contributed by atoms with E-state index in [0.717, 1.165) is 5.56 Å². The fraction of sp³-hybridized carbons (Fsp3) is 0.400. The Morgan fingerprint density at radius 2 is 1.75 bits per heavy atom. The molecule has 11 nitrogen and oxygen atoms in total. The number of aliphatic hydroxyl groups excluding tert-OH is 4. The first kappa shape index (κ1) is 27.2. The number of carbonyl (C=O) groups is 1. The van der Waals surface area contributed by atoms with Crippen molar-refractivity contribution in [2.75, 3.05) is 27.4 Å². The first-order valence-electron chi connectivity index (χ1n) is 11.2. The fourth-order valence-corrected chi connectivity index (χ4v) is 3.61. The molecule has 0 radical (unpaired) electrons. The third kappa shape index (κ3) is 6.65. The highest BCUT2D eigenvalue weighted by Crippen LogP contribution is 2.32. The Morgan fingerprint density at radius 1 is 1.00 bits per heavy atom. The van der Waals surface area contributed by atoms with Crippen LogP contribution in [0.3, 0.4) is 0 Å². The number of phenols is 1. The molecule has 5 atom stereocenters. The van der Waals surface area contributed by atoms with E-state index in [2.05, 4.69) is 5.32 Å². The van der Waals surface area contributed by atoms with E-state index in [1.54, 1.807) is 30.3 Å². The average Bonchev–Trinajstić information content (AvgIpc) is 2.89. The van der Waals surface area contributed by atoms with Gasteiger partial charge >= 0.3 is 0 Å². The van der Waals surface area contributed by atoms with E-state index in [-0.39, 0.29) is 23.2 Å². The quantitative estimate of drug-likeness (QED) is 0.241. The van der Waals surface area contributed by atoms with Crippen molar-refractivity contribution in [3.8, 4) is 23.0 Å². The fourth-order valence-electron chi connectivity index (χ4n) is 3.61. The molecule has 1 amide bonds. The van der Waals surface area contributed by atoms with E-state index in [1.807, 2.05) is 0 Å². The largest absolute Gasteiger partial charge is 0.504 e. The zero-order valence-electron chi connectivity index (χ0n) is 19.9. The highest BCUT2D eigenvalue weighted by atomic mass is 16.7. The maximum absolute atomic E-state index is 12.2. The van der Waals surface area contributed by atoms with Crippen molar-refractivity contribution >= 4 is 12.0 Å². The monoisotopic (exact) mass is 505 g/mol. The molecule has 0 bridgehead atoms. The average molecular weight is 506 g/mol. The van der Waals surface area contributed by atoms with Crippen LogP contribution in [0.15, 0.2) is 42.5 Å². The van der Waals surface area contributed by atoms with Crippen LogP contribution in [0.4, 0.5) is 0 Å². The summed E-state index contributed by atoms with van der Waals surface area (Å²) in [5, 5.41) is 51.8. The molecule has 6 N–H and O–H groups in total. The van der Waals surface area contributed by atoms with Gasteiger partial charge in [-0.25, -0.2) is 0 Å². The van der Waals surface area contributed by atoms with Crippen LogP contribution >= 0.6 is 0 Å². The van der Waals surface area contributed by atoms with E-state index < -0.39 is 37.3 Å². The van der Waals surface area contributed by atoms with Crippen LogP contribution in [0.1, 0.15) is 11.1 Å². The second-order valence-electron chi connectivity index (χ2n) is 8.11. The number of aromatic hydroxyl groups is 1. The van der Waals surface area contributed by atoms with Gasteiger partial charge in [0.25, 0.3) is 0 Å². The number of ether oxygens (including phenoxy) is 4. The number of aliphatic hydroxyl groups is 4. The second-order valence-corrected chi connectivity index (χ2v) is 8.11. The van der Waals surface area contributed by atoms with Gasteiger partial charge in [0.1, 0.15) is 24.4 Å². The summed E-state index contributed by atoms with van der Waals surface area (Å²) in [7, 11) is 2.88. The molecule has 1 aliphatic heterocycles. The highest BCUT2D eigenvalue weighted by molar-refractivity contribution is 5.91. The maximum atomic E-state index is 12.2. The van der Waals surface area contributed by atoms with Gasteiger partial charge in [0.15, 0.2) is 23.0 Å². The Balaban J connectivity index is 1.57. The number of amides is 1. The lowest BCUT2D eigenvalue weighted by Crippen LogP contribution is -2.60. The van der Waals surface area contributed by atoms with Gasteiger partial charge in [-0.05, 0) is 47.9 Å². The Bertz CT molecular complexity index is 1060. The van der Waals surface area contributed by atoms with Gasteiger partial charge in [-0.1, -0.05) is 12.1 Å². The molecule has 1 heterocycles. The topological polar surface area (TPSA) is 167 Å². The molecule has 0 aliphatic carbocycles. The van der Waals surface area contributed by atoms with Gasteiger partial charge in [-0.15, -0.1) is 0 Å². The summed E-state index contributed by atoms with van der Waals surface area (Å²) in [6.45, 7) is -0.191. The second kappa shape index (κ2) is 12.6. The molecule has 0 unspecified atom stereocenters. The minimum absolute atomic E-state index is 0.0493. The van der Waals surface area contributed by atoms with Crippen molar-refractivity contribution < 1.29 is 49.3 Å². The molecule has 3 rings (SSSR count). The molecule has 1 aliphatic rings. The van der Waals surface area contributed by atoms with Gasteiger partial charge in [0.2, 0.25) is 12.2 Å². The SMILES string of the molecule is COc1cc(CCNC(=O)/C=C/c2ccc(O[C@@H]3O[C@H](CO)[C@H](O)[C@H](O)[C@H]3O)c(OC)c2)ccc1O. The Hall–Kier alpha value is -3.35. The number of phenolic OH excluding ortho intramolecular Hbond substituents is 1.